The fraction of sp³-hybridized carbons (Fsp3) is 0.350. The zero-order valence-electron chi connectivity index (χ0n) is 16.5. The van der Waals surface area contributed by atoms with Gasteiger partial charge in [-0.25, -0.2) is 4.98 Å². The van der Waals surface area contributed by atoms with Crippen LogP contribution in [-0.2, 0) is 11.3 Å². The molecule has 0 saturated heterocycles. The SMILES string of the molecule is CCCCn1c(SCC(=O)Nc2cc(C)c(Cl)cc2OC)nc2ccsc2c1=O. The molecule has 3 rings (SSSR count). The minimum Gasteiger partial charge on any atom is -0.495 e. The van der Waals surface area contributed by atoms with Gasteiger partial charge in [-0.15, -0.1) is 11.3 Å². The highest BCUT2D eigenvalue weighted by molar-refractivity contribution is 7.99. The maximum atomic E-state index is 12.8. The molecular formula is C20H22ClN3O3S2. The normalized spacial score (nSPS) is 11.0. The van der Waals surface area contributed by atoms with Crippen LogP contribution in [0.25, 0.3) is 10.2 Å². The predicted molar refractivity (Wildman–Crippen MR) is 121 cm³/mol. The van der Waals surface area contributed by atoms with Crippen LogP contribution in [0, 0.1) is 6.92 Å². The highest BCUT2D eigenvalue weighted by atomic mass is 35.5. The Balaban J connectivity index is 1.79. The van der Waals surface area contributed by atoms with E-state index in [2.05, 4.69) is 17.2 Å². The summed E-state index contributed by atoms with van der Waals surface area (Å²) in [5.41, 5.74) is 2.03. The molecule has 1 amide bonds. The van der Waals surface area contributed by atoms with Gasteiger partial charge in [0.25, 0.3) is 5.56 Å². The van der Waals surface area contributed by atoms with Crippen LogP contribution in [0.5, 0.6) is 5.75 Å². The fourth-order valence-corrected chi connectivity index (χ4v) is 4.55. The molecule has 0 aliphatic rings. The fourth-order valence-electron chi connectivity index (χ4n) is 2.79. The van der Waals surface area contributed by atoms with E-state index in [1.165, 1.54) is 30.2 Å². The van der Waals surface area contributed by atoms with Crippen molar-refractivity contribution in [1.29, 1.82) is 0 Å². The number of thiophene rings is 1. The number of hydrogen-bond acceptors (Lipinski definition) is 6. The van der Waals surface area contributed by atoms with E-state index in [9.17, 15) is 9.59 Å². The Morgan fingerprint density at radius 1 is 1.41 bits per heavy atom. The van der Waals surface area contributed by atoms with Crippen molar-refractivity contribution in [3.05, 3.63) is 44.5 Å². The number of unbranched alkanes of at least 4 members (excludes halogenated alkanes) is 1. The molecule has 0 aliphatic heterocycles. The second-order valence-electron chi connectivity index (χ2n) is 6.48. The Morgan fingerprint density at radius 2 is 2.21 bits per heavy atom. The number of halogens is 1. The highest BCUT2D eigenvalue weighted by Crippen LogP contribution is 2.31. The second-order valence-corrected chi connectivity index (χ2v) is 8.74. The summed E-state index contributed by atoms with van der Waals surface area (Å²) in [5.74, 6) is 0.410. The molecule has 9 heteroatoms. The lowest BCUT2D eigenvalue weighted by molar-refractivity contribution is -0.113. The van der Waals surface area contributed by atoms with E-state index in [1.807, 2.05) is 18.4 Å². The van der Waals surface area contributed by atoms with Crippen LogP contribution in [-0.4, -0.2) is 28.3 Å². The van der Waals surface area contributed by atoms with E-state index < -0.39 is 0 Å². The number of nitrogens with one attached hydrogen (secondary N) is 1. The molecule has 2 aromatic heterocycles. The smallest absolute Gasteiger partial charge is 0.272 e. The Bertz CT molecular complexity index is 1090. The van der Waals surface area contributed by atoms with Gasteiger partial charge in [-0.2, -0.15) is 0 Å². The number of rotatable bonds is 8. The summed E-state index contributed by atoms with van der Waals surface area (Å²) in [7, 11) is 1.53. The molecule has 0 spiro atoms. The average Bonchev–Trinajstić information content (AvgIpc) is 3.17. The summed E-state index contributed by atoms with van der Waals surface area (Å²) in [4.78, 5) is 29.9. The first kappa shape index (κ1) is 21.7. The highest BCUT2D eigenvalue weighted by Gasteiger charge is 2.15. The zero-order chi connectivity index (χ0) is 21.0. The van der Waals surface area contributed by atoms with Gasteiger partial charge >= 0.3 is 0 Å². The number of carbonyl (C=O) groups is 1. The third kappa shape index (κ3) is 4.94. The molecule has 1 N–H and O–H groups in total. The zero-order valence-corrected chi connectivity index (χ0v) is 18.8. The lowest BCUT2D eigenvalue weighted by Crippen LogP contribution is -2.23. The van der Waals surface area contributed by atoms with E-state index in [0.29, 0.717) is 38.4 Å². The van der Waals surface area contributed by atoms with Gasteiger partial charge in [-0.3, -0.25) is 14.2 Å². The largest absolute Gasteiger partial charge is 0.495 e. The summed E-state index contributed by atoms with van der Waals surface area (Å²) in [6, 6.07) is 5.28. The van der Waals surface area contributed by atoms with E-state index in [1.54, 1.807) is 16.7 Å². The molecule has 2 heterocycles. The number of thioether (sulfide) groups is 1. The number of methoxy groups -OCH3 is 1. The van der Waals surface area contributed by atoms with Gasteiger partial charge in [0.1, 0.15) is 10.4 Å². The Morgan fingerprint density at radius 3 is 2.93 bits per heavy atom. The Hall–Kier alpha value is -2.03. The van der Waals surface area contributed by atoms with Crippen molar-refractivity contribution < 1.29 is 9.53 Å². The number of amides is 1. The van der Waals surface area contributed by atoms with Crippen molar-refractivity contribution in [2.45, 2.75) is 38.4 Å². The van der Waals surface area contributed by atoms with Gasteiger partial charge in [-0.05, 0) is 36.4 Å². The number of anilines is 1. The third-order valence-corrected chi connectivity index (χ3v) is 6.63. The number of aryl methyl sites for hydroxylation is 1. The molecule has 6 nitrogen and oxygen atoms in total. The van der Waals surface area contributed by atoms with Crippen LogP contribution in [0.4, 0.5) is 5.69 Å². The lowest BCUT2D eigenvalue weighted by atomic mass is 10.2. The summed E-state index contributed by atoms with van der Waals surface area (Å²) in [6.45, 7) is 4.52. The molecule has 0 fully saturated rings. The number of aromatic nitrogens is 2. The van der Waals surface area contributed by atoms with Gasteiger partial charge in [0.05, 0.1) is 24.1 Å². The van der Waals surface area contributed by atoms with E-state index in [4.69, 9.17) is 16.3 Å². The quantitative estimate of drug-likeness (QED) is 0.387. The van der Waals surface area contributed by atoms with Crippen molar-refractivity contribution in [3.8, 4) is 5.75 Å². The van der Waals surface area contributed by atoms with E-state index >= 15 is 0 Å². The summed E-state index contributed by atoms with van der Waals surface area (Å²) < 4.78 is 7.62. The predicted octanol–water partition coefficient (Wildman–Crippen LogP) is 4.96. The third-order valence-electron chi connectivity index (χ3n) is 4.35. The summed E-state index contributed by atoms with van der Waals surface area (Å²) in [5, 5.41) is 5.84. The minimum absolute atomic E-state index is 0.0450. The van der Waals surface area contributed by atoms with Crippen LogP contribution in [0.2, 0.25) is 5.02 Å². The maximum absolute atomic E-state index is 12.8. The molecule has 154 valence electrons. The molecular weight excluding hydrogens is 430 g/mol. The van der Waals surface area contributed by atoms with Crippen LogP contribution in [0.3, 0.4) is 0 Å². The van der Waals surface area contributed by atoms with Gasteiger partial charge < -0.3 is 10.1 Å². The van der Waals surface area contributed by atoms with Crippen molar-refractivity contribution in [2.24, 2.45) is 0 Å². The standard InChI is InChI=1S/C20H22ClN3O3S2/c1-4-5-7-24-19(26)18-14(6-8-28-18)23-20(24)29-11-17(25)22-15-9-12(2)13(21)10-16(15)27-3/h6,8-10H,4-5,7,11H2,1-3H3,(H,22,25). The Labute approximate surface area is 182 Å². The second kappa shape index (κ2) is 9.65. The van der Waals surface area contributed by atoms with Gasteiger partial charge in [0, 0.05) is 17.6 Å². The molecule has 3 aromatic rings. The number of hydrogen-bond donors (Lipinski definition) is 1. The monoisotopic (exact) mass is 451 g/mol. The number of ether oxygens (including phenoxy) is 1. The maximum Gasteiger partial charge on any atom is 0.272 e. The number of fused-ring (bicyclic) bond motifs is 1. The van der Waals surface area contributed by atoms with Crippen molar-refractivity contribution in [3.63, 3.8) is 0 Å². The first-order chi connectivity index (χ1) is 13.9. The van der Waals surface area contributed by atoms with E-state index in [0.717, 1.165) is 18.4 Å². The van der Waals surface area contributed by atoms with Crippen molar-refractivity contribution in [2.75, 3.05) is 18.2 Å². The molecule has 29 heavy (non-hydrogen) atoms. The van der Waals surface area contributed by atoms with Gasteiger partial charge in [-0.1, -0.05) is 36.7 Å². The Kier molecular flexibility index (Phi) is 7.21. The summed E-state index contributed by atoms with van der Waals surface area (Å²) in [6.07, 6.45) is 1.84. The average molecular weight is 452 g/mol. The first-order valence-electron chi connectivity index (χ1n) is 9.19. The molecule has 1 aromatic carbocycles. The molecule has 0 unspecified atom stereocenters. The lowest BCUT2D eigenvalue weighted by Gasteiger charge is -2.13. The van der Waals surface area contributed by atoms with Crippen LogP contribution in [0.15, 0.2) is 33.5 Å². The van der Waals surface area contributed by atoms with Crippen LogP contribution >= 0.6 is 34.7 Å². The van der Waals surface area contributed by atoms with Gasteiger partial charge in [0.2, 0.25) is 5.91 Å². The first-order valence-corrected chi connectivity index (χ1v) is 11.4. The topological polar surface area (TPSA) is 73.2 Å². The van der Waals surface area contributed by atoms with Crippen LogP contribution in [0.1, 0.15) is 25.3 Å². The molecule has 0 radical (unpaired) electrons. The number of benzene rings is 1. The van der Waals surface area contributed by atoms with Crippen LogP contribution < -0.4 is 15.6 Å². The molecule has 0 atom stereocenters. The number of carbonyl (C=O) groups excluding carboxylic acids is 1. The van der Waals surface area contributed by atoms with E-state index in [-0.39, 0.29) is 17.2 Å². The van der Waals surface area contributed by atoms with Gasteiger partial charge in [0.15, 0.2) is 5.16 Å². The van der Waals surface area contributed by atoms with Crippen molar-refractivity contribution in [1.82, 2.24) is 9.55 Å². The van der Waals surface area contributed by atoms with Crippen molar-refractivity contribution >= 4 is 56.5 Å². The number of nitrogens with zero attached hydrogens (tertiary/aromatic N) is 2. The molecule has 0 aliphatic carbocycles. The molecule has 0 bridgehead atoms. The molecule has 0 saturated carbocycles. The summed E-state index contributed by atoms with van der Waals surface area (Å²) >= 11 is 8.77. The minimum atomic E-state index is -0.211.